The molecule has 4 nitrogen and oxygen atoms in total. The smallest absolute Gasteiger partial charge is 0.356 e. The van der Waals surface area contributed by atoms with E-state index in [4.69, 9.17) is 4.74 Å². The van der Waals surface area contributed by atoms with Crippen LogP contribution in [0, 0.1) is 0 Å². The highest BCUT2D eigenvalue weighted by molar-refractivity contribution is 6.09. The molecule has 2 aromatic heterocycles. The van der Waals surface area contributed by atoms with Crippen molar-refractivity contribution >= 4 is 27.8 Å². The van der Waals surface area contributed by atoms with Crippen molar-refractivity contribution in [3.63, 3.8) is 0 Å². The predicted molar refractivity (Wildman–Crippen MR) is 108 cm³/mol. The van der Waals surface area contributed by atoms with Gasteiger partial charge in [0.15, 0.2) is 0 Å². The van der Waals surface area contributed by atoms with Crippen molar-refractivity contribution in [2.24, 2.45) is 0 Å². The molecular formula is C23H22N2O2. The fourth-order valence-electron chi connectivity index (χ4n) is 3.38. The van der Waals surface area contributed by atoms with Gasteiger partial charge in [0.25, 0.3) is 0 Å². The highest BCUT2D eigenvalue weighted by atomic mass is 16.5. The number of esters is 1. The summed E-state index contributed by atoms with van der Waals surface area (Å²) < 4.78 is 7.57. The van der Waals surface area contributed by atoms with Gasteiger partial charge in [0.05, 0.1) is 18.3 Å². The molecule has 4 aromatic rings. The number of carbonyl (C=O) groups is 1. The molecule has 0 fully saturated rings. The summed E-state index contributed by atoms with van der Waals surface area (Å²) in [6.45, 7) is 3.26. The largest absolute Gasteiger partial charge is 0.461 e. The van der Waals surface area contributed by atoms with Crippen molar-refractivity contribution < 1.29 is 9.53 Å². The highest BCUT2D eigenvalue weighted by Gasteiger charge is 2.15. The summed E-state index contributed by atoms with van der Waals surface area (Å²) in [4.78, 5) is 16.7. The summed E-state index contributed by atoms with van der Waals surface area (Å²) in [5.74, 6) is -0.356. The maximum atomic E-state index is 12.3. The highest BCUT2D eigenvalue weighted by Crippen LogP contribution is 2.29. The van der Waals surface area contributed by atoms with Crippen LogP contribution in [0.25, 0.3) is 21.8 Å². The second-order valence-corrected chi connectivity index (χ2v) is 6.67. The monoisotopic (exact) mass is 358 g/mol. The molecule has 136 valence electrons. The topological polar surface area (TPSA) is 44.1 Å². The Kier molecular flexibility index (Phi) is 4.88. The Hall–Kier alpha value is -3.14. The molecule has 0 aliphatic heterocycles. The third-order valence-corrected chi connectivity index (χ3v) is 4.78. The van der Waals surface area contributed by atoms with Gasteiger partial charge < -0.3 is 9.30 Å². The molecule has 0 aliphatic carbocycles. The van der Waals surface area contributed by atoms with Crippen LogP contribution < -0.4 is 0 Å². The second kappa shape index (κ2) is 7.62. The number of ether oxygens (including phenoxy) is 1. The lowest BCUT2D eigenvalue weighted by atomic mass is 10.1. The summed E-state index contributed by atoms with van der Waals surface area (Å²) in [6, 6.07) is 20.5. The van der Waals surface area contributed by atoms with Crippen molar-refractivity contribution in [2.45, 2.75) is 26.3 Å². The predicted octanol–water partition coefficient (Wildman–Crippen LogP) is 5.19. The number of rotatable bonds is 6. The fraction of sp³-hybridized carbons (Fsp3) is 0.217. The van der Waals surface area contributed by atoms with E-state index in [2.05, 4.69) is 40.7 Å². The summed E-state index contributed by atoms with van der Waals surface area (Å²) in [5.41, 5.74) is 3.74. The van der Waals surface area contributed by atoms with Crippen molar-refractivity contribution in [3.8, 4) is 0 Å². The van der Waals surface area contributed by atoms with Crippen LogP contribution in [0.1, 0.15) is 35.8 Å². The van der Waals surface area contributed by atoms with E-state index in [1.54, 1.807) is 6.20 Å². The quantitative estimate of drug-likeness (QED) is 0.352. The first-order chi connectivity index (χ1) is 13.3. The van der Waals surface area contributed by atoms with Crippen molar-refractivity contribution in [1.82, 2.24) is 9.55 Å². The van der Waals surface area contributed by atoms with Crippen molar-refractivity contribution in [2.75, 3.05) is 6.61 Å². The molecule has 0 N–H and O–H groups in total. The molecular weight excluding hydrogens is 336 g/mol. The molecule has 0 saturated heterocycles. The number of aromatic nitrogens is 2. The van der Waals surface area contributed by atoms with Crippen LogP contribution in [0.3, 0.4) is 0 Å². The molecule has 0 spiro atoms. The average Bonchev–Trinajstić information content (AvgIpc) is 3.02. The minimum absolute atomic E-state index is 0.356. The van der Waals surface area contributed by atoms with E-state index in [9.17, 15) is 4.79 Å². The van der Waals surface area contributed by atoms with Crippen LogP contribution in [0.2, 0.25) is 0 Å². The number of hydrogen-bond acceptors (Lipinski definition) is 3. The lowest BCUT2D eigenvalue weighted by Gasteiger charge is -2.08. The van der Waals surface area contributed by atoms with Crippen molar-refractivity contribution in [3.05, 3.63) is 78.1 Å². The van der Waals surface area contributed by atoms with E-state index >= 15 is 0 Å². The molecule has 4 rings (SSSR count). The van der Waals surface area contributed by atoms with E-state index < -0.39 is 0 Å². The third kappa shape index (κ3) is 3.43. The van der Waals surface area contributed by atoms with Gasteiger partial charge >= 0.3 is 5.97 Å². The first-order valence-corrected chi connectivity index (χ1v) is 9.36. The van der Waals surface area contributed by atoms with Crippen LogP contribution >= 0.6 is 0 Å². The average molecular weight is 358 g/mol. The Morgan fingerprint density at radius 3 is 2.59 bits per heavy atom. The van der Waals surface area contributed by atoms with E-state index in [-0.39, 0.29) is 5.97 Å². The summed E-state index contributed by atoms with van der Waals surface area (Å²) in [6.07, 6.45) is 3.64. The molecule has 0 unspecified atom stereocenters. The van der Waals surface area contributed by atoms with Crippen LogP contribution in [-0.2, 0) is 11.3 Å². The minimum atomic E-state index is -0.356. The fourth-order valence-corrected chi connectivity index (χ4v) is 3.38. The van der Waals surface area contributed by atoms with E-state index in [0.717, 1.165) is 41.2 Å². The number of carbonyl (C=O) groups excluding carboxylic acids is 1. The molecule has 0 atom stereocenters. The van der Waals surface area contributed by atoms with Gasteiger partial charge in [-0.2, -0.15) is 0 Å². The maximum Gasteiger partial charge on any atom is 0.356 e. The Bertz CT molecular complexity index is 1080. The summed E-state index contributed by atoms with van der Waals surface area (Å²) in [5, 5.41) is 2.15. The van der Waals surface area contributed by atoms with Gasteiger partial charge in [0.1, 0.15) is 5.69 Å². The lowest BCUT2D eigenvalue weighted by Crippen LogP contribution is -2.08. The number of benzene rings is 2. The zero-order chi connectivity index (χ0) is 18.6. The zero-order valence-corrected chi connectivity index (χ0v) is 15.4. The third-order valence-electron chi connectivity index (χ3n) is 4.78. The van der Waals surface area contributed by atoms with Gasteiger partial charge in [-0.15, -0.1) is 0 Å². The van der Waals surface area contributed by atoms with E-state index in [1.165, 1.54) is 5.56 Å². The molecule has 0 saturated carbocycles. The molecule has 2 heterocycles. The Morgan fingerprint density at radius 1 is 1.00 bits per heavy atom. The Morgan fingerprint density at radius 2 is 1.78 bits per heavy atom. The van der Waals surface area contributed by atoms with Crippen LogP contribution in [-0.4, -0.2) is 22.1 Å². The number of para-hydroxylation sites is 1. The second-order valence-electron chi connectivity index (χ2n) is 6.67. The Labute approximate surface area is 158 Å². The number of nitrogens with zero attached hydrogens (tertiary/aromatic N) is 2. The first kappa shape index (κ1) is 17.3. The van der Waals surface area contributed by atoms with E-state index in [0.29, 0.717) is 12.3 Å². The maximum absolute atomic E-state index is 12.3. The van der Waals surface area contributed by atoms with Gasteiger partial charge in [-0.3, -0.25) is 0 Å². The van der Waals surface area contributed by atoms with E-state index in [1.807, 2.05) is 36.4 Å². The number of pyridine rings is 1. The zero-order valence-electron chi connectivity index (χ0n) is 15.4. The van der Waals surface area contributed by atoms with Gasteiger partial charge in [0.2, 0.25) is 0 Å². The van der Waals surface area contributed by atoms with Crippen LogP contribution in [0.15, 0.2) is 66.9 Å². The Balaban J connectivity index is 1.78. The molecule has 0 bridgehead atoms. The number of hydrogen-bond donors (Lipinski definition) is 0. The van der Waals surface area contributed by atoms with Gasteiger partial charge in [-0.05, 0) is 24.1 Å². The molecule has 0 amide bonds. The normalized spacial score (nSPS) is 11.1. The molecule has 0 radical (unpaired) electrons. The summed E-state index contributed by atoms with van der Waals surface area (Å²) >= 11 is 0. The number of fused-ring (bicyclic) bond motifs is 3. The van der Waals surface area contributed by atoms with Gasteiger partial charge in [-0.1, -0.05) is 61.9 Å². The van der Waals surface area contributed by atoms with Crippen LogP contribution in [0.5, 0.6) is 0 Å². The standard InChI is InChI=1S/C23H22N2O2/c1-2-3-13-27-23(26)20-14-19-18-11-7-8-12-21(18)25(22(19)15-24-20)16-17-9-5-4-6-10-17/h4-12,14-15H,2-3,13,16H2,1H3. The summed E-state index contributed by atoms with van der Waals surface area (Å²) in [7, 11) is 0. The SMILES string of the molecule is CCCCOC(=O)c1cc2c3ccccc3n(Cc3ccccc3)c2cn1. The number of unbranched alkanes of at least 4 members (excludes halogenated alkanes) is 1. The molecule has 2 aromatic carbocycles. The molecule has 27 heavy (non-hydrogen) atoms. The molecule has 0 aliphatic rings. The lowest BCUT2D eigenvalue weighted by molar-refractivity contribution is 0.0493. The van der Waals surface area contributed by atoms with Crippen LogP contribution in [0.4, 0.5) is 0 Å². The molecule has 4 heteroatoms. The van der Waals surface area contributed by atoms with Gasteiger partial charge in [0, 0.05) is 22.8 Å². The first-order valence-electron chi connectivity index (χ1n) is 9.36. The van der Waals surface area contributed by atoms with Gasteiger partial charge in [-0.25, -0.2) is 9.78 Å². The minimum Gasteiger partial charge on any atom is -0.461 e. The van der Waals surface area contributed by atoms with Crippen molar-refractivity contribution in [1.29, 1.82) is 0 Å².